The molecule has 0 saturated carbocycles. The molecule has 0 fully saturated rings. The van der Waals surface area contributed by atoms with E-state index in [-0.39, 0.29) is 17.1 Å². The number of fused-ring (bicyclic) bond motifs is 1. The van der Waals surface area contributed by atoms with Gasteiger partial charge >= 0.3 is 0 Å². The first-order valence-electron chi connectivity index (χ1n) is 7.60. The van der Waals surface area contributed by atoms with Crippen LogP contribution in [0.5, 0.6) is 5.75 Å². The number of para-hydroxylation sites is 1. The summed E-state index contributed by atoms with van der Waals surface area (Å²) in [6.45, 7) is 0.905. The van der Waals surface area contributed by atoms with Gasteiger partial charge in [0, 0.05) is 18.1 Å². The minimum absolute atomic E-state index is 0.195. The Labute approximate surface area is 138 Å². The van der Waals surface area contributed by atoms with Crippen molar-refractivity contribution in [3.05, 3.63) is 66.4 Å². The average Bonchev–Trinajstić information content (AvgIpc) is 2.62. The van der Waals surface area contributed by atoms with Gasteiger partial charge in [0.15, 0.2) is 0 Å². The van der Waals surface area contributed by atoms with E-state index in [1.807, 2.05) is 6.07 Å². The molecule has 0 saturated heterocycles. The number of carbonyl (C=O) groups is 1. The molecule has 122 valence electrons. The summed E-state index contributed by atoms with van der Waals surface area (Å²) in [7, 11) is 0. The molecule has 0 atom stereocenters. The van der Waals surface area contributed by atoms with Crippen molar-refractivity contribution >= 4 is 16.8 Å². The van der Waals surface area contributed by atoms with Crippen molar-refractivity contribution in [2.45, 2.75) is 6.42 Å². The SMILES string of the molecule is O=C(NCCCOc1cccnc1)c1ccc2cccc(F)c2n1. The van der Waals surface area contributed by atoms with Crippen molar-refractivity contribution < 1.29 is 13.9 Å². The quantitative estimate of drug-likeness (QED) is 0.708. The number of hydrogen-bond acceptors (Lipinski definition) is 4. The van der Waals surface area contributed by atoms with Crippen molar-refractivity contribution in [3.63, 3.8) is 0 Å². The summed E-state index contributed by atoms with van der Waals surface area (Å²) in [4.78, 5) is 20.1. The monoisotopic (exact) mass is 325 g/mol. The van der Waals surface area contributed by atoms with Gasteiger partial charge in [0.05, 0.1) is 12.8 Å². The summed E-state index contributed by atoms with van der Waals surface area (Å²) in [5, 5.41) is 3.41. The van der Waals surface area contributed by atoms with Crippen LogP contribution in [0.1, 0.15) is 16.9 Å². The van der Waals surface area contributed by atoms with E-state index in [4.69, 9.17) is 4.74 Å². The zero-order valence-electron chi connectivity index (χ0n) is 12.9. The Morgan fingerprint density at radius 2 is 2.08 bits per heavy atom. The Kier molecular flexibility index (Phi) is 4.96. The van der Waals surface area contributed by atoms with Gasteiger partial charge in [0.2, 0.25) is 0 Å². The van der Waals surface area contributed by atoms with Crippen LogP contribution in [0.25, 0.3) is 10.9 Å². The predicted molar refractivity (Wildman–Crippen MR) is 88.4 cm³/mol. The van der Waals surface area contributed by atoms with Crippen LogP contribution in [0.15, 0.2) is 54.9 Å². The lowest BCUT2D eigenvalue weighted by Gasteiger charge is -2.07. The summed E-state index contributed by atoms with van der Waals surface area (Å²) >= 11 is 0. The van der Waals surface area contributed by atoms with E-state index in [1.165, 1.54) is 6.07 Å². The smallest absolute Gasteiger partial charge is 0.269 e. The molecule has 0 aliphatic carbocycles. The van der Waals surface area contributed by atoms with Crippen LogP contribution < -0.4 is 10.1 Å². The molecule has 1 amide bonds. The lowest BCUT2D eigenvalue weighted by Crippen LogP contribution is -2.26. The lowest BCUT2D eigenvalue weighted by molar-refractivity contribution is 0.0947. The van der Waals surface area contributed by atoms with Crippen LogP contribution in [-0.2, 0) is 0 Å². The van der Waals surface area contributed by atoms with Gasteiger partial charge in [-0.15, -0.1) is 0 Å². The Hall–Kier alpha value is -3.02. The summed E-state index contributed by atoms with van der Waals surface area (Å²) < 4.78 is 19.2. The Morgan fingerprint density at radius 1 is 1.17 bits per heavy atom. The van der Waals surface area contributed by atoms with Gasteiger partial charge in [0.25, 0.3) is 5.91 Å². The number of benzene rings is 1. The van der Waals surface area contributed by atoms with E-state index in [2.05, 4.69) is 15.3 Å². The minimum atomic E-state index is -0.438. The van der Waals surface area contributed by atoms with Crippen molar-refractivity contribution in [2.24, 2.45) is 0 Å². The topological polar surface area (TPSA) is 64.1 Å². The Bertz CT molecular complexity index is 840. The average molecular weight is 325 g/mol. The molecule has 0 unspecified atom stereocenters. The highest BCUT2D eigenvalue weighted by atomic mass is 19.1. The summed E-state index contributed by atoms with van der Waals surface area (Å²) in [5.41, 5.74) is 0.394. The molecule has 1 N–H and O–H groups in total. The van der Waals surface area contributed by atoms with Gasteiger partial charge in [0.1, 0.15) is 22.8 Å². The molecule has 0 aliphatic rings. The molecule has 0 radical (unpaired) electrons. The van der Waals surface area contributed by atoms with Gasteiger partial charge in [-0.05, 0) is 30.7 Å². The standard InChI is InChI=1S/C18H16FN3O2/c19-15-6-1-4-13-7-8-16(22-17(13)15)18(23)21-10-3-11-24-14-5-2-9-20-12-14/h1-2,4-9,12H,3,10-11H2,(H,21,23). The number of amides is 1. The van der Waals surface area contributed by atoms with E-state index in [1.54, 1.807) is 42.7 Å². The highest BCUT2D eigenvalue weighted by Gasteiger charge is 2.09. The van der Waals surface area contributed by atoms with Crippen LogP contribution in [0.4, 0.5) is 4.39 Å². The number of rotatable bonds is 6. The van der Waals surface area contributed by atoms with Crippen LogP contribution in [0.2, 0.25) is 0 Å². The van der Waals surface area contributed by atoms with Gasteiger partial charge in [-0.2, -0.15) is 0 Å². The third kappa shape index (κ3) is 3.84. The van der Waals surface area contributed by atoms with Crippen LogP contribution in [0, 0.1) is 5.82 Å². The normalized spacial score (nSPS) is 10.5. The van der Waals surface area contributed by atoms with Crippen molar-refractivity contribution in [2.75, 3.05) is 13.2 Å². The summed E-state index contributed by atoms with van der Waals surface area (Å²) in [5.74, 6) is -0.0796. The van der Waals surface area contributed by atoms with Gasteiger partial charge in [-0.3, -0.25) is 9.78 Å². The number of pyridine rings is 2. The van der Waals surface area contributed by atoms with Crippen molar-refractivity contribution in [1.82, 2.24) is 15.3 Å². The largest absolute Gasteiger partial charge is 0.492 e. The first kappa shape index (κ1) is 15.9. The minimum Gasteiger partial charge on any atom is -0.492 e. The lowest BCUT2D eigenvalue weighted by atomic mass is 10.2. The van der Waals surface area contributed by atoms with E-state index >= 15 is 0 Å². The van der Waals surface area contributed by atoms with Crippen LogP contribution in [-0.4, -0.2) is 29.0 Å². The number of nitrogens with zero attached hydrogens (tertiary/aromatic N) is 2. The second-order valence-corrected chi connectivity index (χ2v) is 5.15. The number of hydrogen-bond donors (Lipinski definition) is 1. The van der Waals surface area contributed by atoms with Gasteiger partial charge < -0.3 is 10.1 Å². The molecule has 0 bridgehead atoms. The molecule has 3 rings (SSSR count). The molecule has 6 heteroatoms. The van der Waals surface area contributed by atoms with Gasteiger partial charge in [-0.25, -0.2) is 9.37 Å². The number of carbonyl (C=O) groups excluding carboxylic acids is 1. The Morgan fingerprint density at radius 3 is 2.92 bits per heavy atom. The molecule has 2 aromatic heterocycles. The molecule has 0 aliphatic heterocycles. The maximum atomic E-state index is 13.7. The third-order valence-corrected chi connectivity index (χ3v) is 3.41. The van der Waals surface area contributed by atoms with E-state index in [0.29, 0.717) is 30.7 Å². The zero-order valence-corrected chi connectivity index (χ0v) is 12.9. The van der Waals surface area contributed by atoms with Crippen LogP contribution >= 0.6 is 0 Å². The van der Waals surface area contributed by atoms with E-state index in [9.17, 15) is 9.18 Å². The second-order valence-electron chi connectivity index (χ2n) is 5.15. The third-order valence-electron chi connectivity index (χ3n) is 3.41. The first-order chi connectivity index (χ1) is 11.7. The van der Waals surface area contributed by atoms with Crippen molar-refractivity contribution in [1.29, 1.82) is 0 Å². The zero-order chi connectivity index (χ0) is 16.8. The van der Waals surface area contributed by atoms with E-state index in [0.717, 1.165) is 0 Å². The fourth-order valence-corrected chi connectivity index (χ4v) is 2.22. The highest BCUT2D eigenvalue weighted by molar-refractivity contribution is 5.94. The number of nitrogens with one attached hydrogen (secondary N) is 1. The maximum Gasteiger partial charge on any atom is 0.269 e. The molecular formula is C18H16FN3O2. The molecule has 2 heterocycles. The molecule has 0 spiro atoms. The fraction of sp³-hybridized carbons (Fsp3) is 0.167. The molecule has 5 nitrogen and oxygen atoms in total. The van der Waals surface area contributed by atoms with Gasteiger partial charge in [-0.1, -0.05) is 18.2 Å². The number of ether oxygens (including phenoxy) is 1. The number of aromatic nitrogens is 2. The molecule has 1 aromatic carbocycles. The summed E-state index contributed by atoms with van der Waals surface area (Å²) in [6, 6.07) is 11.6. The number of halogens is 1. The highest BCUT2D eigenvalue weighted by Crippen LogP contribution is 2.15. The maximum absolute atomic E-state index is 13.7. The molecular weight excluding hydrogens is 309 g/mol. The fourth-order valence-electron chi connectivity index (χ4n) is 2.22. The predicted octanol–water partition coefficient (Wildman–Crippen LogP) is 2.97. The van der Waals surface area contributed by atoms with Crippen molar-refractivity contribution in [3.8, 4) is 5.75 Å². The summed E-state index contributed by atoms with van der Waals surface area (Å²) in [6.07, 6.45) is 3.95. The van der Waals surface area contributed by atoms with Crippen LogP contribution in [0.3, 0.4) is 0 Å². The molecule has 24 heavy (non-hydrogen) atoms. The molecule has 3 aromatic rings. The first-order valence-corrected chi connectivity index (χ1v) is 7.60. The van der Waals surface area contributed by atoms with E-state index < -0.39 is 5.82 Å². The Balaban J connectivity index is 1.51. The second kappa shape index (κ2) is 7.50.